The van der Waals surface area contributed by atoms with Crippen LogP contribution in [0.3, 0.4) is 0 Å². The standard InChI is InChI=1S/C10H6ClNO3/c11-7-1-2-8-9(3-7)15-10(12-8)6(4-13)5-14/h1-5,13H/b6-4+. The Bertz CT molecular complexity index is 545. The summed E-state index contributed by atoms with van der Waals surface area (Å²) in [5.41, 5.74) is 1.04. The molecule has 76 valence electrons. The van der Waals surface area contributed by atoms with Crippen molar-refractivity contribution < 1.29 is 14.3 Å². The molecule has 2 aromatic rings. The minimum atomic E-state index is -0.0117. The van der Waals surface area contributed by atoms with E-state index in [9.17, 15) is 4.79 Å². The number of hydrogen-bond acceptors (Lipinski definition) is 4. The van der Waals surface area contributed by atoms with Crippen molar-refractivity contribution in [3.05, 3.63) is 35.4 Å². The number of aldehydes is 1. The number of aliphatic hydroxyl groups excluding tert-OH is 1. The monoisotopic (exact) mass is 223 g/mol. The lowest BCUT2D eigenvalue weighted by Crippen LogP contribution is -1.84. The highest BCUT2D eigenvalue weighted by Gasteiger charge is 2.10. The van der Waals surface area contributed by atoms with Gasteiger partial charge in [0.1, 0.15) is 11.1 Å². The second kappa shape index (κ2) is 3.74. The molecule has 1 aromatic heterocycles. The number of halogens is 1. The van der Waals surface area contributed by atoms with E-state index in [1.54, 1.807) is 18.2 Å². The molecular formula is C10H6ClNO3. The lowest BCUT2D eigenvalue weighted by atomic mass is 10.3. The molecule has 0 aliphatic heterocycles. The molecule has 0 saturated carbocycles. The first-order valence-corrected chi connectivity index (χ1v) is 4.48. The van der Waals surface area contributed by atoms with Gasteiger partial charge in [0.2, 0.25) is 5.89 Å². The number of allylic oxidation sites excluding steroid dienone is 1. The fourth-order valence-corrected chi connectivity index (χ4v) is 1.32. The van der Waals surface area contributed by atoms with Crippen molar-refractivity contribution in [2.24, 2.45) is 0 Å². The molecule has 0 unspecified atom stereocenters. The van der Waals surface area contributed by atoms with Gasteiger partial charge in [0.05, 0.1) is 6.26 Å². The molecule has 1 N–H and O–H groups in total. The average molecular weight is 224 g/mol. The van der Waals surface area contributed by atoms with Crippen molar-refractivity contribution in [2.45, 2.75) is 0 Å². The van der Waals surface area contributed by atoms with Crippen molar-refractivity contribution >= 4 is 34.6 Å². The summed E-state index contributed by atoms with van der Waals surface area (Å²) in [5, 5.41) is 9.26. The van der Waals surface area contributed by atoms with Crippen LogP contribution in [0.5, 0.6) is 0 Å². The van der Waals surface area contributed by atoms with E-state index in [2.05, 4.69) is 4.98 Å². The third-order valence-electron chi connectivity index (χ3n) is 1.86. The zero-order valence-corrected chi connectivity index (χ0v) is 8.23. The van der Waals surface area contributed by atoms with E-state index >= 15 is 0 Å². The number of aromatic nitrogens is 1. The summed E-state index contributed by atoms with van der Waals surface area (Å²) in [6, 6.07) is 4.93. The van der Waals surface area contributed by atoms with Gasteiger partial charge in [-0.05, 0) is 12.1 Å². The van der Waals surface area contributed by atoms with E-state index in [1.165, 1.54) is 0 Å². The second-order valence-electron chi connectivity index (χ2n) is 2.83. The molecule has 4 nitrogen and oxygen atoms in total. The predicted octanol–water partition coefficient (Wildman–Crippen LogP) is 2.58. The smallest absolute Gasteiger partial charge is 0.233 e. The molecule has 1 aromatic carbocycles. The summed E-state index contributed by atoms with van der Waals surface area (Å²) in [4.78, 5) is 14.5. The Morgan fingerprint density at radius 1 is 1.53 bits per heavy atom. The van der Waals surface area contributed by atoms with Crippen LogP contribution in [-0.2, 0) is 4.79 Å². The van der Waals surface area contributed by atoms with E-state index in [0.717, 1.165) is 0 Å². The predicted molar refractivity (Wildman–Crippen MR) is 55.7 cm³/mol. The molecule has 5 heteroatoms. The molecule has 0 fully saturated rings. The topological polar surface area (TPSA) is 63.3 Å². The van der Waals surface area contributed by atoms with Crippen LogP contribution in [-0.4, -0.2) is 16.4 Å². The van der Waals surface area contributed by atoms with Gasteiger partial charge in [-0.3, -0.25) is 4.79 Å². The van der Waals surface area contributed by atoms with Crippen LogP contribution in [0.2, 0.25) is 5.02 Å². The zero-order valence-electron chi connectivity index (χ0n) is 7.48. The molecule has 0 aliphatic rings. The fourth-order valence-electron chi connectivity index (χ4n) is 1.16. The summed E-state index contributed by atoms with van der Waals surface area (Å²) in [7, 11) is 0. The van der Waals surface area contributed by atoms with Gasteiger partial charge < -0.3 is 9.52 Å². The van der Waals surface area contributed by atoms with Gasteiger partial charge in [0.15, 0.2) is 11.9 Å². The van der Waals surface area contributed by atoms with Crippen LogP contribution in [0, 0.1) is 0 Å². The Labute approximate surface area is 89.8 Å². The molecule has 0 saturated heterocycles. The van der Waals surface area contributed by atoms with E-state index in [4.69, 9.17) is 21.1 Å². The molecule has 0 aliphatic carbocycles. The Morgan fingerprint density at radius 3 is 3.00 bits per heavy atom. The van der Waals surface area contributed by atoms with Crippen molar-refractivity contribution in [2.75, 3.05) is 0 Å². The average Bonchev–Trinajstić information content (AvgIpc) is 2.62. The van der Waals surface area contributed by atoms with Crippen molar-refractivity contribution in [1.82, 2.24) is 4.98 Å². The summed E-state index contributed by atoms with van der Waals surface area (Å²) in [6.45, 7) is 0. The summed E-state index contributed by atoms with van der Waals surface area (Å²) in [5.74, 6) is 0.0739. The fraction of sp³-hybridized carbons (Fsp3) is 0. The highest BCUT2D eigenvalue weighted by atomic mass is 35.5. The summed E-state index contributed by atoms with van der Waals surface area (Å²) >= 11 is 5.75. The molecule has 2 rings (SSSR count). The van der Waals surface area contributed by atoms with Gasteiger partial charge in [0.25, 0.3) is 0 Å². The maximum atomic E-state index is 10.5. The number of oxazole rings is 1. The Kier molecular flexibility index (Phi) is 2.43. The molecule has 0 spiro atoms. The number of aliphatic hydroxyl groups is 1. The minimum absolute atomic E-state index is 0.0117. The van der Waals surface area contributed by atoms with Gasteiger partial charge >= 0.3 is 0 Å². The van der Waals surface area contributed by atoms with Crippen molar-refractivity contribution in [3.63, 3.8) is 0 Å². The van der Waals surface area contributed by atoms with E-state index < -0.39 is 0 Å². The van der Waals surface area contributed by atoms with Gasteiger partial charge in [-0.1, -0.05) is 11.6 Å². The molecule has 0 bridgehead atoms. The van der Waals surface area contributed by atoms with Crippen molar-refractivity contribution in [3.8, 4) is 0 Å². The normalized spacial score (nSPS) is 11.9. The van der Waals surface area contributed by atoms with Crippen LogP contribution in [0.15, 0.2) is 28.9 Å². The quantitative estimate of drug-likeness (QED) is 0.483. The molecule has 1 heterocycles. The Hall–Kier alpha value is -1.81. The minimum Gasteiger partial charge on any atom is -0.515 e. The van der Waals surface area contributed by atoms with Gasteiger partial charge in [0, 0.05) is 11.1 Å². The first kappa shape index (κ1) is 9.73. The highest BCUT2D eigenvalue weighted by molar-refractivity contribution is 6.31. The third-order valence-corrected chi connectivity index (χ3v) is 2.10. The maximum absolute atomic E-state index is 10.5. The van der Waals surface area contributed by atoms with E-state index in [1.807, 2.05) is 0 Å². The molecule has 0 amide bonds. The van der Waals surface area contributed by atoms with Crippen LogP contribution in [0.4, 0.5) is 0 Å². The van der Waals surface area contributed by atoms with Gasteiger partial charge in [-0.15, -0.1) is 0 Å². The number of benzene rings is 1. The second-order valence-corrected chi connectivity index (χ2v) is 3.27. The lowest BCUT2D eigenvalue weighted by molar-refractivity contribution is -0.103. The number of fused-ring (bicyclic) bond motifs is 1. The largest absolute Gasteiger partial charge is 0.515 e. The number of hydrogen-bond donors (Lipinski definition) is 1. The molecule has 15 heavy (non-hydrogen) atoms. The first-order chi connectivity index (χ1) is 7.24. The van der Waals surface area contributed by atoms with Crippen LogP contribution in [0.1, 0.15) is 5.89 Å². The maximum Gasteiger partial charge on any atom is 0.233 e. The number of rotatable bonds is 2. The van der Waals surface area contributed by atoms with E-state index in [-0.39, 0.29) is 11.5 Å². The Balaban J connectivity index is 2.61. The molecular weight excluding hydrogens is 218 g/mol. The van der Waals surface area contributed by atoms with Crippen LogP contribution in [0.25, 0.3) is 16.7 Å². The van der Waals surface area contributed by atoms with Crippen molar-refractivity contribution in [1.29, 1.82) is 0 Å². The summed E-state index contributed by atoms with van der Waals surface area (Å²) < 4.78 is 5.24. The molecule has 0 atom stereocenters. The number of nitrogens with zero attached hydrogens (tertiary/aromatic N) is 1. The SMILES string of the molecule is O=C/C(=C\O)c1nc2ccc(Cl)cc2o1. The number of carbonyl (C=O) groups excluding carboxylic acids is 1. The third kappa shape index (κ3) is 1.71. The van der Waals surface area contributed by atoms with E-state index in [0.29, 0.717) is 28.7 Å². The zero-order chi connectivity index (χ0) is 10.8. The lowest BCUT2D eigenvalue weighted by Gasteiger charge is -1.87. The summed E-state index contributed by atoms with van der Waals surface area (Å²) in [6.07, 6.45) is 1.12. The molecule has 0 radical (unpaired) electrons. The van der Waals surface area contributed by atoms with Crippen LogP contribution < -0.4 is 0 Å². The van der Waals surface area contributed by atoms with Crippen LogP contribution >= 0.6 is 11.6 Å². The highest BCUT2D eigenvalue weighted by Crippen LogP contribution is 2.22. The number of carbonyl (C=O) groups is 1. The first-order valence-electron chi connectivity index (χ1n) is 4.10. The van der Waals surface area contributed by atoms with Gasteiger partial charge in [-0.25, -0.2) is 4.98 Å². The Morgan fingerprint density at radius 2 is 2.33 bits per heavy atom. The van der Waals surface area contributed by atoms with Gasteiger partial charge in [-0.2, -0.15) is 0 Å².